The average molecular weight is 165 g/mol. The number of fused-ring (bicyclic) bond motifs is 1. The molecule has 1 aromatic carbocycles. The quantitative estimate of drug-likeness (QED) is 0.632. The first-order valence-corrected chi connectivity index (χ1v) is 4.81. The molecule has 1 atom stereocenters. The van der Waals surface area contributed by atoms with Gasteiger partial charge in [0, 0.05) is 16.7 Å². The van der Waals surface area contributed by atoms with Crippen LogP contribution in [0.4, 0.5) is 0 Å². The molecule has 0 aromatic heterocycles. The summed E-state index contributed by atoms with van der Waals surface area (Å²) in [6.45, 7) is 0. The predicted octanol–water partition coefficient (Wildman–Crippen LogP) is 1.66. The van der Waals surface area contributed by atoms with Crippen LogP contribution in [0.3, 0.4) is 0 Å². The van der Waals surface area contributed by atoms with Crippen molar-refractivity contribution in [1.29, 1.82) is 0 Å². The highest BCUT2D eigenvalue weighted by Crippen LogP contribution is 2.28. The topological polar surface area (TPSA) is 26.0 Å². The molecule has 0 fully saturated rings. The summed E-state index contributed by atoms with van der Waals surface area (Å²) in [6, 6.07) is 8.86. The van der Waals surface area contributed by atoms with Crippen LogP contribution in [-0.2, 0) is 6.42 Å². The van der Waals surface area contributed by atoms with Gasteiger partial charge in [0.25, 0.3) is 0 Å². The van der Waals surface area contributed by atoms with Gasteiger partial charge in [0.05, 0.1) is 0 Å². The molecular formula is C9H11NS. The smallest absolute Gasteiger partial charge is 0.0175 e. The van der Waals surface area contributed by atoms with Gasteiger partial charge in [-0.2, -0.15) is 0 Å². The maximum atomic E-state index is 5.83. The van der Waals surface area contributed by atoms with Crippen LogP contribution in [0, 0.1) is 0 Å². The van der Waals surface area contributed by atoms with Crippen molar-refractivity contribution >= 4 is 11.8 Å². The van der Waals surface area contributed by atoms with Crippen molar-refractivity contribution < 1.29 is 0 Å². The van der Waals surface area contributed by atoms with E-state index in [1.54, 1.807) is 0 Å². The summed E-state index contributed by atoms with van der Waals surface area (Å²) in [7, 11) is 0. The zero-order valence-corrected chi connectivity index (χ0v) is 7.10. The first-order chi connectivity index (χ1) is 5.36. The highest BCUT2D eigenvalue weighted by Gasteiger charge is 2.14. The first-order valence-electron chi connectivity index (χ1n) is 3.82. The lowest BCUT2D eigenvalue weighted by atomic mass is 10.1. The maximum absolute atomic E-state index is 5.83. The van der Waals surface area contributed by atoms with Gasteiger partial charge in [0.1, 0.15) is 0 Å². The van der Waals surface area contributed by atoms with Crippen molar-refractivity contribution in [2.24, 2.45) is 5.73 Å². The Bertz CT molecular complexity index is 259. The van der Waals surface area contributed by atoms with E-state index in [1.807, 2.05) is 11.8 Å². The minimum Gasteiger partial charge on any atom is -0.327 e. The fourth-order valence-electron chi connectivity index (χ4n) is 1.35. The normalized spacial score (nSPS) is 22.8. The number of thioether (sulfide) groups is 1. The highest BCUT2D eigenvalue weighted by atomic mass is 32.2. The van der Waals surface area contributed by atoms with Gasteiger partial charge in [-0.3, -0.25) is 0 Å². The van der Waals surface area contributed by atoms with E-state index < -0.39 is 0 Å². The molecule has 1 aliphatic rings. The van der Waals surface area contributed by atoms with Crippen molar-refractivity contribution in [1.82, 2.24) is 0 Å². The molecule has 0 saturated carbocycles. The number of rotatable bonds is 0. The van der Waals surface area contributed by atoms with Gasteiger partial charge in [-0.05, 0) is 18.1 Å². The van der Waals surface area contributed by atoms with Crippen LogP contribution in [0.1, 0.15) is 5.56 Å². The van der Waals surface area contributed by atoms with E-state index in [2.05, 4.69) is 24.3 Å². The molecule has 11 heavy (non-hydrogen) atoms. The minimum atomic E-state index is 0.356. The third-order valence-electron chi connectivity index (χ3n) is 1.91. The van der Waals surface area contributed by atoms with E-state index in [0.29, 0.717) is 6.04 Å². The fourth-order valence-corrected chi connectivity index (χ4v) is 2.37. The summed E-state index contributed by atoms with van der Waals surface area (Å²) in [5.74, 6) is 1.07. The Balaban J connectivity index is 2.34. The minimum absolute atomic E-state index is 0.356. The van der Waals surface area contributed by atoms with E-state index in [-0.39, 0.29) is 0 Å². The number of hydrogen-bond donors (Lipinski definition) is 1. The lowest BCUT2D eigenvalue weighted by molar-refractivity contribution is 0.727. The molecule has 1 aliphatic heterocycles. The van der Waals surface area contributed by atoms with Crippen molar-refractivity contribution in [2.75, 3.05) is 5.75 Å². The largest absolute Gasteiger partial charge is 0.327 e. The Morgan fingerprint density at radius 2 is 2.18 bits per heavy atom. The van der Waals surface area contributed by atoms with Crippen molar-refractivity contribution in [3.05, 3.63) is 29.8 Å². The van der Waals surface area contributed by atoms with Gasteiger partial charge >= 0.3 is 0 Å². The van der Waals surface area contributed by atoms with Crippen LogP contribution in [0.25, 0.3) is 0 Å². The molecule has 1 heterocycles. The fraction of sp³-hybridized carbons (Fsp3) is 0.333. The van der Waals surface area contributed by atoms with E-state index in [0.717, 1.165) is 12.2 Å². The first kappa shape index (κ1) is 7.19. The molecule has 2 rings (SSSR count). The number of benzene rings is 1. The summed E-state index contributed by atoms with van der Waals surface area (Å²) < 4.78 is 0. The van der Waals surface area contributed by atoms with Crippen LogP contribution >= 0.6 is 11.8 Å². The molecule has 58 valence electrons. The van der Waals surface area contributed by atoms with E-state index in [1.165, 1.54) is 10.5 Å². The van der Waals surface area contributed by atoms with Gasteiger partial charge in [-0.1, -0.05) is 18.2 Å². The van der Waals surface area contributed by atoms with Crippen LogP contribution in [-0.4, -0.2) is 11.8 Å². The Kier molecular flexibility index (Phi) is 1.88. The Morgan fingerprint density at radius 3 is 3.09 bits per heavy atom. The predicted molar refractivity (Wildman–Crippen MR) is 48.8 cm³/mol. The molecule has 2 N–H and O–H groups in total. The van der Waals surface area contributed by atoms with Gasteiger partial charge in [0.2, 0.25) is 0 Å². The SMILES string of the molecule is N[C@@H]1CSc2ccccc2C1. The molecule has 0 spiro atoms. The summed E-state index contributed by atoms with van der Waals surface area (Å²) in [6.07, 6.45) is 1.04. The molecule has 0 radical (unpaired) electrons. The Labute approximate surface area is 71.0 Å². The standard InChI is InChI=1S/C9H11NS/c10-8-5-7-3-1-2-4-9(7)11-6-8/h1-4,8H,5-6,10H2/t8-/m0/s1. The van der Waals surface area contributed by atoms with Crippen LogP contribution in [0.2, 0.25) is 0 Å². The zero-order valence-electron chi connectivity index (χ0n) is 6.29. The van der Waals surface area contributed by atoms with Gasteiger partial charge in [0.15, 0.2) is 0 Å². The third-order valence-corrected chi connectivity index (χ3v) is 3.21. The molecule has 0 unspecified atom stereocenters. The average Bonchev–Trinajstić information content (AvgIpc) is 2.04. The zero-order chi connectivity index (χ0) is 7.68. The van der Waals surface area contributed by atoms with E-state index >= 15 is 0 Å². The summed E-state index contributed by atoms with van der Waals surface area (Å²) in [4.78, 5) is 1.41. The Hall–Kier alpha value is -0.470. The lowest BCUT2D eigenvalue weighted by Gasteiger charge is -2.19. The summed E-state index contributed by atoms with van der Waals surface area (Å²) in [5, 5.41) is 0. The van der Waals surface area contributed by atoms with Gasteiger partial charge in [-0.15, -0.1) is 11.8 Å². The van der Waals surface area contributed by atoms with Crippen LogP contribution < -0.4 is 5.73 Å². The molecular weight excluding hydrogens is 154 g/mol. The molecule has 2 heteroatoms. The molecule has 0 saturated heterocycles. The summed E-state index contributed by atoms with van der Waals surface area (Å²) >= 11 is 1.87. The van der Waals surface area contributed by atoms with Crippen LogP contribution in [0.15, 0.2) is 29.2 Å². The molecule has 1 aromatic rings. The Morgan fingerprint density at radius 1 is 1.36 bits per heavy atom. The lowest BCUT2D eigenvalue weighted by Crippen LogP contribution is -2.28. The van der Waals surface area contributed by atoms with Gasteiger partial charge in [-0.25, -0.2) is 0 Å². The summed E-state index contributed by atoms with van der Waals surface area (Å²) in [5.41, 5.74) is 7.24. The number of nitrogens with two attached hydrogens (primary N) is 1. The van der Waals surface area contributed by atoms with Crippen molar-refractivity contribution in [3.8, 4) is 0 Å². The molecule has 0 aliphatic carbocycles. The molecule has 0 bridgehead atoms. The molecule has 0 amide bonds. The number of hydrogen-bond acceptors (Lipinski definition) is 2. The second kappa shape index (κ2) is 2.88. The van der Waals surface area contributed by atoms with E-state index in [4.69, 9.17) is 5.73 Å². The van der Waals surface area contributed by atoms with Crippen LogP contribution in [0.5, 0.6) is 0 Å². The van der Waals surface area contributed by atoms with Gasteiger partial charge < -0.3 is 5.73 Å². The van der Waals surface area contributed by atoms with Crippen molar-refractivity contribution in [2.45, 2.75) is 17.4 Å². The molecule has 1 nitrogen and oxygen atoms in total. The highest BCUT2D eigenvalue weighted by molar-refractivity contribution is 7.99. The maximum Gasteiger partial charge on any atom is 0.0175 e. The van der Waals surface area contributed by atoms with Crippen molar-refractivity contribution in [3.63, 3.8) is 0 Å². The van der Waals surface area contributed by atoms with E-state index in [9.17, 15) is 0 Å². The third kappa shape index (κ3) is 1.42. The monoisotopic (exact) mass is 165 g/mol. The second-order valence-corrected chi connectivity index (χ2v) is 3.94. The second-order valence-electron chi connectivity index (χ2n) is 2.88.